The van der Waals surface area contributed by atoms with Crippen molar-refractivity contribution in [3.63, 3.8) is 0 Å². The average Bonchev–Trinajstić information content (AvgIpc) is 3.05. The summed E-state index contributed by atoms with van der Waals surface area (Å²) in [6.07, 6.45) is -13.2. The molecule has 5 rings (SSSR count). The average molecular weight is 609 g/mol. The second kappa shape index (κ2) is 14.1. The fraction of sp³-hybridized carbons (Fsp3) is 0.344. The van der Waals surface area contributed by atoms with Gasteiger partial charge in [0.15, 0.2) is 30.9 Å². The van der Waals surface area contributed by atoms with E-state index in [-0.39, 0.29) is 16.7 Å². The van der Waals surface area contributed by atoms with Gasteiger partial charge in [0.05, 0.1) is 29.4 Å². The zero-order chi connectivity index (χ0) is 31.2. The van der Waals surface area contributed by atoms with Gasteiger partial charge in [0.2, 0.25) is 0 Å². The molecular formula is C32H32O12. The van der Waals surface area contributed by atoms with E-state index in [1.54, 1.807) is 54.6 Å². The maximum absolute atomic E-state index is 13.3. The Balaban J connectivity index is 1.48. The number of esters is 3. The lowest BCUT2D eigenvalue weighted by molar-refractivity contribution is -0.345. The Morgan fingerprint density at radius 2 is 1.09 bits per heavy atom. The van der Waals surface area contributed by atoms with Crippen molar-refractivity contribution in [2.75, 3.05) is 6.61 Å². The number of benzene rings is 3. The normalized spacial score (nSPS) is 30.1. The van der Waals surface area contributed by atoms with Crippen molar-refractivity contribution in [3.05, 3.63) is 108 Å². The Hall–Kier alpha value is -4.17. The van der Waals surface area contributed by atoms with Crippen LogP contribution in [0.5, 0.6) is 0 Å². The summed E-state index contributed by atoms with van der Waals surface area (Å²) >= 11 is 0. The van der Waals surface area contributed by atoms with Gasteiger partial charge < -0.3 is 43.7 Å². The maximum atomic E-state index is 13.3. The Kier molecular flexibility index (Phi) is 10.0. The lowest BCUT2D eigenvalue weighted by Gasteiger charge is -2.44. The second-order valence-corrected chi connectivity index (χ2v) is 10.3. The van der Waals surface area contributed by atoms with Crippen molar-refractivity contribution in [1.29, 1.82) is 0 Å². The molecule has 0 unspecified atom stereocenters. The number of carbonyl (C=O) groups excluding carboxylic acids is 3. The van der Waals surface area contributed by atoms with E-state index in [4.69, 9.17) is 28.4 Å². The molecule has 0 bridgehead atoms. The lowest BCUT2D eigenvalue weighted by atomic mass is 9.99. The summed E-state index contributed by atoms with van der Waals surface area (Å²) in [5.41, 5.74) is 0.528. The zero-order valence-corrected chi connectivity index (χ0v) is 23.6. The molecule has 0 amide bonds. The molecule has 9 atom stereocenters. The predicted octanol–water partition coefficient (Wildman–Crippen LogP) is 1.86. The third-order valence-electron chi connectivity index (χ3n) is 7.25. The van der Waals surface area contributed by atoms with E-state index in [0.29, 0.717) is 0 Å². The first-order valence-corrected chi connectivity index (χ1v) is 14.0. The summed E-state index contributed by atoms with van der Waals surface area (Å²) in [7, 11) is 0. The highest BCUT2D eigenvalue weighted by atomic mass is 16.7. The monoisotopic (exact) mass is 608 g/mol. The highest BCUT2D eigenvalue weighted by Gasteiger charge is 2.52. The number of aliphatic hydroxyl groups is 3. The molecule has 0 spiro atoms. The first-order valence-electron chi connectivity index (χ1n) is 14.0. The van der Waals surface area contributed by atoms with Crippen LogP contribution in [0.25, 0.3) is 0 Å². The van der Waals surface area contributed by atoms with Crippen LogP contribution < -0.4 is 0 Å². The van der Waals surface area contributed by atoms with Crippen LogP contribution in [0.4, 0.5) is 0 Å². The molecule has 0 aromatic heterocycles. The molecule has 0 aliphatic carbocycles. The fourth-order valence-corrected chi connectivity index (χ4v) is 4.86. The van der Waals surface area contributed by atoms with Crippen LogP contribution in [0.15, 0.2) is 91.0 Å². The molecule has 2 heterocycles. The number of hydrogen-bond acceptors (Lipinski definition) is 12. The van der Waals surface area contributed by atoms with Gasteiger partial charge >= 0.3 is 17.9 Å². The number of rotatable bonds is 8. The van der Waals surface area contributed by atoms with Gasteiger partial charge in [-0.05, 0) is 43.3 Å². The van der Waals surface area contributed by atoms with E-state index in [9.17, 15) is 29.7 Å². The van der Waals surface area contributed by atoms with E-state index < -0.39 is 79.8 Å². The predicted molar refractivity (Wildman–Crippen MR) is 150 cm³/mol. The molecule has 0 saturated carbocycles. The third-order valence-corrected chi connectivity index (χ3v) is 7.25. The maximum Gasteiger partial charge on any atom is 0.338 e. The molecular weight excluding hydrogens is 576 g/mol. The second-order valence-electron chi connectivity index (χ2n) is 10.3. The molecule has 12 heteroatoms. The van der Waals surface area contributed by atoms with E-state index in [1.165, 1.54) is 43.3 Å². The zero-order valence-electron chi connectivity index (χ0n) is 23.6. The van der Waals surface area contributed by atoms with Crippen LogP contribution in [0, 0.1) is 0 Å². The Bertz CT molecular complexity index is 1400. The van der Waals surface area contributed by atoms with Gasteiger partial charge in [0, 0.05) is 0 Å². The van der Waals surface area contributed by atoms with Crippen LogP contribution in [0.1, 0.15) is 38.0 Å². The van der Waals surface area contributed by atoms with Crippen LogP contribution in [-0.4, -0.2) is 95.1 Å². The first-order chi connectivity index (χ1) is 21.2. The fourth-order valence-electron chi connectivity index (χ4n) is 4.86. The molecule has 12 nitrogen and oxygen atoms in total. The molecule has 232 valence electrons. The third kappa shape index (κ3) is 7.13. The van der Waals surface area contributed by atoms with Crippen LogP contribution >= 0.6 is 0 Å². The Labute approximate surface area is 252 Å². The van der Waals surface area contributed by atoms with Gasteiger partial charge in [-0.1, -0.05) is 54.6 Å². The molecule has 3 aromatic rings. The molecule has 2 aliphatic rings. The van der Waals surface area contributed by atoms with Gasteiger partial charge in [-0.2, -0.15) is 0 Å². The molecule has 2 fully saturated rings. The highest BCUT2D eigenvalue weighted by Crippen LogP contribution is 2.31. The molecule has 2 saturated heterocycles. The van der Waals surface area contributed by atoms with Crippen molar-refractivity contribution >= 4 is 17.9 Å². The van der Waals surface area contributed by atoms with E-state index >= 15 is 0 Å². The first kappa shape index (κ1) is 31.3. The quantitative estimate of drug-likeness (QED) is 0.251. The molecule has 0 radical (unpaired) electrons. The summed E-state index contributed by atoms with van der Waals surface area (Å²) in [6.45, 7) is 1.06. The summed E-state index contributed by atoms with van der Waals surface area (Å²) in [5, 5.41) is 31.6. The Morgan fingerprint density at radius 1 is 0.636 bits per heavy atom. The number of hydrogen-bond donors (Lipinski definition) is 3. The summed E-state index contributed by atoms with van der Waals surface area (Å²) < 4.78 is 34.3. The van der Waals surface area contributed by atoms with E-state index in [2.05, 4.69) is 0 Å². The molecule has 2 aliphatic heterocycles. The van der Waals surface area contributed by atoms with E-state index in [1.807, 2.05) is 0 Å². The van der Waals surface area contributed by atoms with Crippen LogP contribution in [0.2, 0.25) is 0 Å². The summed E-state index contributed by atoms with van der Waals surface area (Å²) in [4.78, 5) is 39.6. The molecule has 3 aromatic carbocycles. The molecule has 3 N–H and O–H groups in total. The SMILES string of the molecule is C[C@@H]1O[C@@H](O)[C@H](O[C@H]2OC[C@H](OC(=O)c3ccccc3)[C@@H](OC(=O)c3ccccc3)[C@@H]2OC(=O)c2ccccc2)[C@H](O)[C@H]1O. The van der Waals surface area contributed by atoms with E-state index in [0.717, 1.165) is 0 Å². The van der Waals surface area contributed by atoms with Gasteiger partial charge in [0.25, 0.3) is 0 Å². The van der Waals surface area contributed by atoms with Crippen molar-refractivity contribution in [3.8, 4) is 0 Å². The Morgan fingerprint density at radius 3 is 1.59 bits per heavy atom. The summed E-state index contributed by atoms with van der Waals surface area (Å²) in [5.74, 6) is -2.42. The van der Waals surface area contributed by atoms with Gasteiger partial charge in [0.1, 0.15) is 18.3 Å². The van der Waals surface area contributed by atoms with Crippen LogP contribution in [-0.2, 0) is 28.4 Å². The van der Waals surface area contributed by atoms with Crippen molar-refractivity contribution in [1.82, 2.24) is 0 Å². The smallest absolute Gasteiger partial charge is 0.338 e. The minimum absolute atomic E-state index is 0.146. The minimum atomic E-state index is -1.70. The highest BCUT2D eigenvalue weighted by molar-refractivity contribution is 5.91. The molecule has 44 heavy (non-hydrogen) atoms. The lowest BCUT2D eigenvalue weighted by Crippen LogP contribution is -2.63. The van der Waals surface area contributed by atoms with Gasteiger partial charge in [-0.15, -0.1) is 0 Å². The minimum Gasteiger partial charge on any atom is -0.452 e. The topological polar surface area (TPSA) is 167 Å². The number of ether oxygens (including phenoxy) is 6. The van der Waals surface area contributed by atoms with Crippen molar-refractivity contribution < 1.29 is 58.1 Å². The largest absolute Gasteiger partial charge is 0.452 e. The van der Waals surface area contributed by atoms with Gasteiger partial charge in [-0.25, -0.2) is 14.4 Å². The standard InChI is InChI=1S/C32H32O12/c1-18-23(33)24(34)26(31(38)40-18)44-32-27(43-30(37)21-15-9-4-10-16-21)25(42-29(36)20-13-7-3-8-14-20)22(17-39-32)41-28(35)19-11-5-2-6-12-19/h2-16,18,22-27,31-34,38H,17H2,1H3/t18-,22-,23-,24+,25+,26+,27-,31+,32+/m0/s1. The van der Waals surface area contributed by atoms with Crippen molar-refractivity contribution in [2.45, 2.75) is 62.2 Å². The van der Waals surface area contributed by atoms with Gasteiger partial charge in [-0.3, -0.25) is 0 Å². The van der Waals surface area contributed by atoms with Crippen LogP contribution in [0.3, 0.4) is 0 Å². The summed E-state index contributed by atoms with van der Waals surface area (Å²) in [6, 6.07) is 24.0. The van der Waals surface area contributed by atoms with Crippen molar-refractivity contribution in [2.24, 2.45) is 0 Å². The number of carbonyl (C=O) groups is 3. The number of aliphatic hydroxyl groups excluding tert-OH is 3.